The number of rotatable bonds is 1. The van der Waals surface area contributed by atoms with Crippen LogP contribution in [-0.2, 0) is 9.31 Å². The maximum atomic E-state index is 6.11. The van der Waals surface area contributed by atoms with Gasteiger partial charge in [-0.3, -0.25) is 0 Å². The van der Waals surface area contributed by atoms with E-state index in [9.17, 15) is 0 Å². The lowest BCUT2D eigenvalue weighted by atomic mass is 9.70. The first-order valence-corrected chi connectivity index (χ1v) is 6.69. The van der Waals surface area contributed by atoms with Crippen LogP contribution >= 0.6 is 0 Å². The molecule has 0 bridgehead atoms. The summed E-state index contributed by atoms with van der Waals surface area (Å²) < 4.78 is 12.1. The molecule has 0 saturated carbocycles. The molecule has 1 heterocycles. The van der Waals surface area contributed by atoms with Crippen molar-refractivity contribution < 1.29 is 9.31 Å². The highest BCUT2D eigenvalue weighted by Crippen LogP contribution is 2.26. The van der Waals surface area contributed by atoms with Crippen molar-refractivity contribution in [2.45, 2.75) is 59.7 Å². The molecule has 2 nitrogen and oxygen atoms in total. The molecular weight excluding hydrogens is 223 g/mol. The summed E-state index contributed by atoms with van der Waals surface area (Å²) in [6.07, 6.45) is 1.17. The van der Waals surface area contributed by atoms with Crippen molar-refractivity contribution >= 4 is 12.6 Å². The highest BCUT2D eigenvalue weighted by Gasteiger charge is 2.39. The summed E-state index contributed by atoms with van der Waals surface area (Å²) >= 11 is 0. The maximum absolute atomic E-state index is 6.11. The molecule has 1 fully saturated rings. The SMILES string of the molecule is Cc1cc(C)c(B2OC(C)CC(C)(C)O2)c(C)c1. The summed E-state index contributed by atoms with van der Waals surface area (Å²) in [6, 6.07) is 4.39. The number of aryl methyl sites for hydroxylation is 3. The fourth-order valence-corrected chi connectivity index (χ4v) is 3.01. The van der Waals surface area contributed by atoms with Crippen molar-refractivity contribution in [3.63, 3.8) is 0 Å². The normalized spacial score (nSPS) is 23.2. The van der Waals surface area contributed by atoms with Crippen molar-refractivity contribution in [3.05, 3.63) is 28.8 Å². The lowest BCUT2D eigenvalue weighted by Gasteiger charge is -2.39. The van der Waals surface area contributed by atoms with Gasteiger partial charge < -0.3 is 9.31 Å². The minimum absolute atomic E-state index is 0.119. The third kappa shape index (κ3) is 2.78. The number of hydrogen-bond acceptors (Lipinski definition) is 2. The van der Waals surface area contributed by atoms with Gasteiger partial charge in [0.15, 0.2) is 0 Å². The standard InChI is InChI=1S/C15H23BO2/c1-10-7-11(2)14(12(3)8-10)16-17-13(4)9-15(5,6)18-16/h7-8,13H,9H2,1-6H3. The number of benzene rings is 1. The average Bonchev–Trinajstić information content (AvgIpc) is 2.11. The Kier molecular flexibility index (Phi) is 3.57. The Morgan fingerprint density at radius 2 is 1.72 bits per heavy atom. The fourth-order valence-electron chi connectivity index (χ4n) is 3.01. The Balaban J connectivity index is 2.37. The molecule has 0 amide bonds. The zero-order valence-electron chi connectivity index (χ0n) is 12.3. The van der Waals surface area contributed by atoms with Crippen LogP contribution in [0.15, 0.2) is 12.1 Å². The Bertz CT molecular complexity index is 431. The average molecular weight is 246 g/mol. The van der Waals surface area contributed by atoms with Crippen LogP contribution in [-0.4, -0.2) is 18.8 Å². The van der Waals surface area contributed by atoms with Crippen molar-refractivity contribution in [2.75, 3.05) is 0 Å². The van der Waals surface area contributed by atoms with Gasteiger partial charge >= 0.3 is 7.12 Å². The molecule has 98 valence electrons. The second-order valence-electron chi connectivity index (χ2n) is 6.17. The molecule has 2 rings (SSSR count). The van der Waals surface area contributed by atoms with E-state index >= 15 is 0 Å². The minimum atomic E-state index is -0.232. The first kappa shape index (κ1) is 13.6. The highest BCUT2D eigenvalue weighted by molar-refractivity contribution is 6.62. The Labute approximate surface area is 111 Å². The van der Waals surface area contributed by atoms with E-state index in [4.69, 9.17) is 9.31 Å². The third-order valence-electron chi connectivity index (χ3n) is 3.53. The Morgan fingerprint density at radius 3 is 2.22 bits per heavy atom. The lowest BCUT2D eigenvalue weighted by molar-refractivity contribution is -0.0230. The van der Waals surface area contributed by atoms with Crippen LogP contribution in [0.3, 0.4) is 0 Å². The molecule has 1 unspecified atom stereocenters. The predicted octanol–water partition coefficient (Wildman–Crippen LogP) is 2.91. The van der Waals surface area contributed by atoms with Crippen LogP contribution < -0.4 is 5.46 Å². The van der Waals surface area contributed by atoms with Gasteiger partial charge in [-0.1, -0.05) is 28.8 Å². The Morgan fingerprint density at radius 1 is 1.17 bits per heavy atom. The van der Waals surface area contributed by atoms with E-state index in [1.165, 1.54) is 22.2 Å². The molecule has 0 spiro atoms. The van der Waals surface area contributed by atoms with Crippen LogP contribution in [0.25, 0.3) is 0 Å². The largest absolute Gasteiger partial charge is 0.494 e. The molecular formula is C15H23BO2. The van der Waals surface area contributed by atoms with Gasteiger partial charge in [0.25, 0.3) is 0 Å². The molecule has 1 aromatic rings. The summed E-state index contributed by atoms with van der Waals surface area (Å²) in [4.78, 5) is 0. The van der Waals surface area contributed by atoms with Crippen molar-refractivity contribution in [2.24, 2.45) is 0 Å². The molecule has 0 aromatic heterocycles. The summed E-state index contributed by atoms with van der Waals surface area (Å²) in [7, 11) is -0.232. The van der Waals surface area contributed by atoms with Crippen molar-refractivity contribution in [1.82, 2.24) is 0 Å². The molecule has 3 heteroatoms. The van der Waals surface area contributed by atoms with E-state index in [1.54, 1.807) is 0 Å². The summed E-state index contributed by atoms with van der Waals surface area (Å²) in [5.41, 5.74) is 4.87. The summed E-state index contributed by atoms with van der Waals surface area (Å²) in [6.45, 7) is 12.8. The minimum Gasteiger partial charge on any atom is -0.405 e. The predicted molar refractivity (Wildman–Crippen MR) is 76.4 cm³/mol. The molecule has 1 aliphatic heterocycles. The summed E-state index contributed by atoms with van der Waals surface area (Å²) in [5.74, 6) is 0. The lowest BCUT2D eigenvalue weighted by Crippen LogP contribution is -2.53. The number of hydrogen-bond donors (Lipinski definition) is 0. The summed E-state index contributed by atoms with van der Waals surface area (Å²) in [5, 5.41) is 0. The highest BCUT2D eigenvalue weighted by atomic mass is 16.6. The zero-order chi connectivity index (χ0) is 13.5. The van der Waals surface area contributed by atoms with Gasteiger partial charge in [0.05, 0.1) is 5.60 Å². The monoisotopic (exact) mass is 246 g/mol. The van der Waals surface area contributed by atoms with Gasteiger partial charge in [-0.15, -0.1) is 0 Å². The van der Waals surface area contributed by atoms with Crippen LogP contribution in [0, 0.1) is 20.8 Å². The van der Waals surface area contributed by atoms with Gasteiger partial charge in [0, 0.05) is 6.10 Å². The molecule has 0 aliphatic carbocycles. The molecule has 1 atom stereocenters. The van der Waals surface area contributed by atoms with E-state index in [0.29, 0.717) is 0 Å². The Hall–Kier alpha value is -0.795. The van der Waals surface area contributed by atoms with E-state index < -0.39 is 0 Å². The molecule has 1 saturated heterocycles. The van der Waals surface area contributed by atoms with Crippen molar-refractivity contribution in [3.8, 4) is 0 Å². The van der Waals surface area contributed by atoms with Gasteiger partial charge in [0.2, 0.25) is 0 Å². The van der Waals surface area contributed by atoms with Gasteiger partial charge in [0.1, 0.15) is 0 Å². The van der Waals surface area contributed by atoms with Gasteiger partial charge in [-0.2, -0.15) is 0 Å². The second kappa shape index (κ2) is 4.71. The van der Waals surface area contributed by atoms with Crippen molar-refractivity contribution in [1.29, 1.82) is 0 Å². The van der Waals surface area contributed by atoms with E-state index in [1.807, 2.05) is 0 Å². The van der Waals surface area contributed by atoms with Crippen LogP contribution in [0.4, 0.5) is 0 Å². The molecule has 18 heavy (non-hydrogen) atoms. The van der Waals surface area contributed by atoms with Crippen LogP contribution in [0.5, 0.6) is 0 Å². The van der Waals surface area contributed by atoms with Gasteiger partial charge in [-0.05, 0) is 53.4 Å². The van der Waals surface area contributed by atoms with Crippen LogP contribution in [0.1, 0.15) is 43.9 Å². The van der Waals surface area contributed by atoms with E-state index in [-0.39, 0.29) is 18.8 Å². The fraction of sp³-hybridized carbons (Fsp3) is 0.600. The molecule has 1 aliphatic rings. The van der Waals surface area contributed by atoms with Gasteiger partial charge in [-0.25, -0.2) is 0 Å². The smallest absolute Gasteiger partial charge is 0.405 e. The zero-order valence-corrected chi connectivity index (χ0v) is 12.3. The third-order valence-corrected chi connectivity index (χ3v) is 3.53. The second-order valence-corrected chi connectivity index (χ2v) is 6.17. The first-order valence-electron chi connectivity index (χ1n) is 6.69. The topological polar surface area (TPSA) is 18.5 Å². The molecule has 1 aromatic carbocycles. The van der Waals surface area contributed by atoms with Crippen LogP contribution in [0.2, 0.25) is 0 Å². The quantitative estimate of drug-likeness (QED) is 0.709. The first-order chi connectivity index (χ1) is 8.28. The molecule has 0 radical (unpaired) electrons. The maximum Gasteiger partial charge on any atom is 0.494 e. The van der Waals surface area contributed by atoms with E-state index in [2.05, 4.69) is 53.7 Å². The molecule has 0 N–H and O–H groups in total. The van der Waals surface area contributed by atoms with E-state index in [0.717, 1.165) is 6.42 Å².